The summed E-state index contributed by atoms with van der Waals surface area (Å²) in [7, 11) is -3.33. The SMILES string of the molecule is CCCCCCc1ccc(S(=O)(=O)NCCCC)cc1. The maximum atomic E-state index is 12.0. The quantitative estimate of drug-likeness (QED) is 0.666. The lowest BCUT2D eigenvalue weighted by molar-refractivity contribution is 0.578. The molecule has 3 nitrogen and oxygen atoms in total. The molecule has 0 radical (unpaired) electrons. The molecule has 0 amide bonds. The van der Waals surface area contributed by atoms with Crippen LogP contribution in [0.25, 0.3) is 0 Å². The second kappa shape index (κ2) is 9.14. The van der Waals surface area contributed by atoms with Crippen LogP contribution in [0, 0.1) is 0 Å². The third-order valence-electron chi connectivity index (χ3n) is 3.38. The van der Waals surface area contributed by atoms with Crippen LogP contribution in [0.4, 0.5) is 0 Å². The van der Waals surface area contributed by atoms with Gasteiger partial charge in [0, 0.05) is 6.54 Å². The first-order valence-electron chi connectivity index (χ1n) is 7.68. The van der Waals surface area contributed by atoms with E-state index in [9.17, 15) is 8.42 Å². The van der Waals surface area contributed by atoms with Crippen LogP contribution in [0.3, 0.4) is 0 Å². The molecule has 0 atom stereocenters. The van der Waals surface area contributed by atoms with Gasteiger partial charge in [0.2, 0.25) is 10.0 Å². The summed E-state index contributed by atoms with van der Waals surface area (Å²) in [6.07, 6.45) is 7.82. The van der Waals surface area contributed by atoms with Gasteiger partial charge in [0.1, 0.15) is 0 Å². The molecule has 20 heavy (non-hydrogen) atoms. The van der Waals surface area contributed by atoms with Crippen LogP contribution in [-0.2, 0) is 16.4 Å². The van der Waals surface area contributed by atoms with Crippen molar-refractivity contribution in [2.24, 2.45) is 0 Å². The molecule has 0 unspecified atom stereocenters. The minimum Gasteiger partial charge on any atom is -0.211 e. The fourth-order valence-corrected chi connectivity index (χ4v) is 3.13. The third-order valence-corrected chi connectivity index (χ3v) is 4.85. The number of benzene rings is 1. The second-order valence-corrected chi connectivity index (χ2v) is 6.97. The number of aryl methyl sites for hydroxylation is 1. The molecule has 0 bridgehead atoms. The maximum absolute atomic E-state index is 12.0. The zero-order chi connectivity index (χ0) is 14.8. The van der Waals surface area contributed by atoms with Crippen molar-refractivity contribution in [3.8, 4) is 0 Å². The number of rotatable bonds is 10. The summed E-state index contributed by atoms with van der Waals surface area (Å²) < 4.78 is 26.6. The lowest BCUT2D eigenvalue weighted by atomic mass is 10.1. The first-order chi connectivity index (χ1) is 9.60. The molecule has 0 saturated heterocycles. The summed E-state index contributed by atoms with van der Waals surface area (Å²) in [5.74, 6) is 0. The molecule has 0 aliphatic carbocycles. The van der Waals surface area contributed by atoms with Crippen LogP contribution in [0.1, 0.15) is 57.9 Å². The molecule has 0 heterocycles. The fourth-order valence-electron chi connectivity index (χ4n) is 2.06. The summed E-state index contributed by atoms with van der Waals surface area (Å²) in [4.78, 5) is 0.367. The van der Waals surface area contributed by atoms with E-state index in [1.807, 2.05) is 19.1 Å². The van der Waals surface area contributed by atoms with Gasteiger partial charge in [-0.05, 0) is 37.0 Å². The number of nitrogens with one attached hydrogen (secondary N) is 1. The summed E-state index contributed by atoms with van der Waals surface area (Å²) in [5.41, 5.74) is 1.22. The molecule has 0 aromatic heterocycles. The van der Waals surface area contributed by atoms with Gasteiger partial charge in [0.15, 0.2) is 0 Å². The van der Waals surface area contributed by atoms with E-state index in [-0.39, 0.29) is 0 Å². The van der Waals surface area contributed by atoms with Crippen LogP contribution in [0.15, 0.2) is 29.2 Å². The molecule has 1 aromatic rings. The van der Waals surface area contributed by atoms with Gasteiger partial charge in [-0.1, -0.05) is 51.7 Å². The van der Waals surface area contributed by atoms with Crippen molar-refractivity contribution >= 4 is 10.0 Å². The molecule has 1 rings (SSSR count). The smallest absolute Gasteiger partial charge is 0.211 e. The number of sulfonamides is 1. The average Bonchev–Trinajstić information content (AvgIpc) is 2.44. The van der Waals surface area contributed by atoms with Crippen LogP contribution in [0.2, 0.25) is 0 Å². The van der Waals surface area contributed by atoms with E-state index in [2.05, 4.69) is 11.6 Å². The zero-order valence-electron chi connectivity index (χ0n) is 12.7. The Balaban J connectivity index is 2.52. The highest BCUT2D eigenvalue weighted by atomic mass is 32.2. The Morgan fingerprint density at radius 1 is 0.900 bits per heavy atom. The predicted molar refractivity (Wildman–Crippen MR) is 84.4 cm³/mol. The Kier molecular flexibility index (Phi) is 7.85. The van der Waals surface area contributed by atoms with E-state index < -0.39 is 10.0 Å². The van der Waals surface area contributed by atoms with Gasteiger partial charge in [-0.15, -0.1) is 0 Å². The van der Waals surface area contributed by atoms with Crippen LogP contribution in [-0.4, -0.2) is 15.0 Å². The fraction of sp³-hybridized carbons (Fsp3) is 0.625. The second-order valence-electron chi connectivity index (χ2n) is 5.21. The predicted octanol–water partition coefficient (Wildman–Crippen LogP) is 3.89. The highest BCUT2D eigenvalue weighted by Gasteiger charge is 2.12. The monoisotopic (exact) mass is 297 g/mol. The molecule has 4 heteroatoms. The number of unbranched alkanes of at least 4 members (excludes halogenated alkanes) is 4. The molecule has 1 N–H and O–H groups in total. The molecule has 114 valence electrons. The molecule has 1 aromatic carbocycles. The zero-order valence-corrected chi connectivity index (χ0v) is 13.5. The van der Waals surface area contributed by atoms with Crippen molar-refractivity contribution < 1.29 is 8.42 Å². The van der Waals surface area contributed by atoms with Crippen molar-refractivity contribution in [2.75, 3.05) is 6.54 Å². The molecule has 0 saturated carbocycles. The van der Waals surface area contributed by atoms with Gasteiger partial charge < -0.3 is 0 Å². The average molecular weight is 297 g/mol. The summed E-state index contributed by atoms with van der Waals surface area (Å²) >= 11 is 0. The van der Waals surface area contributed by atoms with Gasteiger partial charge >= 0.3 is 0 Å². The van der Waals surface area contributed by atoms with Crippen molar-refractivity contribution in [2.45, 2.75) is 63.7 Å². The topological polar surface area (TPSA) is 46.2 Å². The van der Waals surface area contributed by atoms with Crippen LogP contribution in [0.5, 0.6) is 0 Å². The first-order valence-corrected chi connectivity index (χ1v) is 9.17. The maximum Gasteiger partial charge on any atom is 0.240 e. The van der Waals surface area contributed by atoms with E-state index in [4.69, 9.17) is 0 Å². The highest BCUT2D eigenvalue weighted by molar-refractivity contribution is 7.89. The van der Waals surface area contributed by atoms with Gasteiger partial charge in [-0.2, -0.15) is 0 Å². The largest absolute Gasteiger partial charge is 0.240 e. The Morgan fingerprint density at radius 2 is 1.55 bits per heavy atom. The normalized spacial score (nSPS) is 11.7. The first kappa shape index (κ1) is 17.2. The molecule has 0 aliphatic heterocycles. The molecular weight excluding hydrogens is 270 g/mol. The van der Waals surface area contributed by atoms with Crippen LogP contribution < -0.4 is 4.72 Å². The van der Waals surface area contributed by atoms with Gasteiger partial charge in [-0.25, -0.2) is 13.1 Å². The number of hydrogen-bond acceptors (Lipinski definition) is 2. The van der Waals surface area contributed by atoms with E-state index in [0.29, 0.717) is 11.4 Å². The Hall–Kier alpha value is -0.870. The van der Waals surface area contributed by atoms with E-state index in [0.717, 1.165) is 19.3 Å². The van der Waals surface area contributed by atoms with E-state index >= 15 is 0 Å². The van der Waals surface area contributed by atoms with Crippen LogP contribution >= 0.6 is 0 Å². The van der Waals surface area contributed by atoms with Gasteiger partial charge in [0.05, 0.1) is 4.90 Å². The molecule has 0 spiro atoms. The Bertz CT molecular complexity index is 466. The minimum atomic E-state index is -3.33. The van der Waals surface area contributed by atoms with Crippen molar-refractivity contribution in [3.05, 3.63) is 29.8 Å². The number of hydrogen-bond donors (Lipinski definition) is 1. The van der Waals surface area contributed by atoms with E-state index in [1.54, 1.807) is 12.1 Å². The minimum absolute atomic E-state index is 0.367. The Morgan fingerprint density at radius 3 is 2.15 bits per heavy atom. The standard InChI is InChI=1S/C16H27NO2S/c1-3-5-7-8-9-15-10-12-16(13-11-15)20(18,19)17-14-6-4-2/h10-13,17H,3-9,14H2,1-2H3. The lowest BCUT2D eigenvalue weighted by Gasteiger charge is -2.07. The molecule has 0 fully saturated rings. The highest BCUT2D eigenvalue weighted by Crippen LogP contribution is 2.13. The van der Waals surface area contributed by atoms with Crippen molar-refractivity contribution in [1.29, 1.82) is 0 Å². The summed E-state index contributed by atoms with van der Waals surface area (Å²) in [6.45, 7) is 4.75. The summed E-state index contributed by atoms with van der Waals surface area (Å²) in [5, 5.41) is 0. The molecule has 0 aliphatic rings. The third kappa shape index (κ3) is 6.06. The van der Waals surface area contributed by atoms with Gasteiger partial charge in [-0.3, -0.25) is 0 Å². The lowest BCUT2D eigenvalue weighted by Crippen LogP contribution is -2.24. The summed E-state index contributed by atoms with van der Waals surface area (Å²) in [6, 6.07) is 7.29. The van der Waals surface area contributed by atoms with E-state index in [1.165, 1.54) is 31.2 Å². The Labute approximate surface area is 123 Å². The van der Waals surface area contributed by atoms with Crippen molar-refractivity contribution in [3.63, 3.8) is 0 Å². The van der Waals surface area contributed by atoms with Gasteiger partial charge in [0.25, 0.3) is 0 Å². The molecular formula is C16H27NO2S. The van der Waals surface area contributed by atoms with Crippen molar-refractivity contribution in [1.82, 2.24) is 4.72 Å².